The SMILES string of the molecule is CC(C)c1nnc(SCC(=O)N(Cc2ccc(F)cc2)C2CCCCC2)n1Cc1ccco1. The fourth-order valence-corrected chi connectivity index (χ4v) is 5.18. The summed E-state index contributed by atoms with van der Waals surface area (Å²) in [6, 6.07) is 10.5. The Labute approximate surface area is 198 Å². The van der Waals surface area contributed by atoms with E-state index < -0.39 is 0 Å². The first-order valence-electron chi connectivity index (χ1n) is 11.6. The summed E-state index contributed by atoms with van der Waals surface area (Å²) in [4.78, 5) is 15.4. The van der Waals surface area contributed by atoms with E-state index in [2.05, 4.69) is 24.0 Å². The van der Waals surface area contributed by atoms with Crippen LogP contribution in [0.2, 0.25) is 0 Å². The van der Waals surface area contributed by atoms with Crippen molar-refractivity contribution in [3.05, 3.63) is 65.6 Å². The number of nitrogens with zero attached hydrogens (tertiary/aromatic N) is 4. The van der Waals surface area contributed by atoms with Gasteiger partial charge in [0.25, 0.3) is 0 Å². The summed E-state index contributed by atoms with van der Waals surface area (Å²) in [6.07, 6.45) is 7.19. The molecule has 0 saturated heterocycles. The molecule has 2 heterocycles. The predicted octanol–water partition coefficient (Wildman–Crippen LogP) is 5.64. The number of furan rings is 1. The summed E-state index contributed by atoms with van der Waals surface area (Å²) in [7, 11) is 0. The number of halogens is 1. The Bertz CT molecular complexity index is 1030. The van der Waals surface area contributed by atoms with Gasteiger partial charge in [-0.25, -0.2) is 4.39 Å². The zero-order valence-corrected chi connectivity index (χ0v) is 20.1. The third-order valence-electron chi connectivity index (χ3n) is 6.08. The molecule has 4 rings (SSSR count). The van der Waals surface area contributed by atoms with Crippen LogP contribution in [0.3, 0.4) is 0 Å². The lowest BCUT2D eigenvalue weighted by molar-refractivity contribution is -0.132. The average Bonchev–Trinajstić information content (AvgIpc) is 3.48. The van der Waals surface area contributed by atoms with Crippen LogP contribution in [0.4, 0.5) is 4.39 Å². The topological polar surface area (TPSA) is 64.2 Å². The molecule has 0 N–H and O–H groups in total. The number of amides is 1. The number of rotatable bonds is 9. The Morgan fingerprint density at radius 1 is 1.18 bits per heavy atom. The van der Waals surface area contributed by atoms with Crippen LogP contribution in [0.15, 0.2) is 52.2 Å². The second kappa shape index (κ2) is 11.0. The van der Waals surface area contributed by atoms with E-state index in [-0.39, 0.29) is 29.4 Å². The summed E-state index contributed by atoms with van der Waals surface area (Å²) in [6.45, 7) is 5.19. The highest BCUT2D eigenvalue weighted by atomic mass is 32.2. The van der Waals surface area contributed by atoms with Crippen molar-refractivity contribution < 1.29 is 13.6 Å². The number of carbonyl (C=O) groups excluding carboxylic acids is 1. The number of hydrogen-bond acceptors (Lipinski definition) is 5. The monoisotopic (exact) mass is 470 g/mol. The maximum absolute atomic E-state index is 13.4. The van der Waals surface area contributed by atoms with Crippen molar-refractivity contribution in [2.45, 2.75) is 76.2 Å². The van der Waals surface area contributed by atoms with E-state index in [1.807, 2.05) is 21.6 Å². The zero-order chi connectivity index (χ0) is 23.2. The van der Waals surface area contributed by atoms with Gasteiger partial charge in [0.1, 0.15) is 17.4 Å². The van der Waals surface area contributed by atoms with Crippen LogP contribution < -0.4 is 0 Å². The standard InChI is InChI=1S/C25H31FN4O2S/c1-18(2)24-27-28-25(30(24)16-22-9-6-14-32-22)33-17-23(31)29(21-7-4-3-5-8-21)15-19-10-12-20(26)13-11-19/h6,9-14,18,21H,3-5,7-8,15-17H2,1-2H3. The molecule has 1 aliphatic rings. The maximum Gasteiger partial charge on any atom is 0.233 e. The van der Waals surface area contributed by atoms with Crippen molar-refractivity contribution in [3.8, 4) is 0 Å². The van der Waals surface area contributed by atoms with Crippen LogP contribution in [0.25, 0.3) is 0 Å². The smallest absolute Gasteiger partial charge is 0.233 e. The van der Waals surface area contributed by atoms with Gasteiger partial charge in [-0.05, 0) is 42.7 Å². The van der Waals surface area contributed by atoms with Crippen molar-refractivity contribution in [1.29, 1.82) is 0 Å². The molecule has 33 heavy (non-hydrogen) atoms. The fraction of sp³-hybridized carbons (Fsp3) is 0.480. The van der Waals surface area contributed by atoms with Crippen LogP contribution in [0.5, 0.6) is 0 Å². The van der Waals surface area contributed by atoms with E-state index in [0.29, 0.717) is 18.2 Å². The highest BCUT2D eigenvalue weighted by Crippen LogP contribution is 2.27. The number of aromatic nitrogens is 3. The van der Waals surface area contributed by atoms with Crippen molar-refractivity contribution in [2.75, 3.05) is 5.75 Å². The molecule has 176 valence electrons. The third kappa shape index (κ3) is 6.05. The van der Waals surface area contributed by atoms with Gasteiger partial charge < -0.3 is 9.32 Å². The molecule has 0 aliphatic heterocycles. The minimum Gasteiger partial charge on any atom is -0.467 e. The molecule has 1 amide bonds. The normalized spacial score (nSPS) is 14.7. The Balaban J connectivity index is 1.49. The lowest BCUT2D eigenvalue weighted by Crippen LogP contribution is -2.42. The van der Waals surface area contributed by atoms with Crippen LogP contribution >= 0.6 is 11.8 Å². The van der Waals surface area contributed by atoms with Gasteiger partial charge in [0.2, 0.25) is 5.91 Å². The zero-order valence-electron chi connectivity index (χ0n) is 19.2. The molecule has 1 aromatic carbocycles. The van der Waals surface area contributed by atoms with Crippen LogP contribution in [0, 0.1) is 5.82 Å². The minimum atomic E-state index is -0.262. The van der Waals surface area contributed by atoms with Crippen LogP contribution in [0.1, 0.15) is 69.0 Å². The Morgan fingerprint density at radius 3 is 2.61 bits per heavy atom. The van der Waals surface area contributed by atoms with Gasteiger partial charge in [-0.3, -0.25) is 9.36 Å². The van der Waals surface area contributed by atoms with Gasteiger partial charge in [0.15, 0.2) is 5.16 Å². The molecule has 0 radical (unpaired) electrons. The lowest BCUT2D eigenvalue weighted by atomic mass is 9.94. The van der Waals surface area contributed by atoms with Crippen molar-refractivity contribution in [1.82, 2.24) is 19.7 Å². The predicted molar refractivity (Wildman–Crippen MR) is 126 cm³/mol. The molecule has 1 aliphatic carbocycles. The Morgan fingerprint density at radius 2 is 1.94 bits per heavy atom. The van der Waals surface area contributed by atoms with Gasteiger partial charge >= 0.3 is 0 Å². The van der Waals surface area contributed by atoms with Gasteiger partial charge in [-0.15, -0.1) is 10.2 Å². The Hall–Kier alpha value is -2.61. The fourth-order valence-electron chi connectivity index (χ4n) is 4.35. The lowest BCUT2D eigenvalue weighted by Gasteiger charge is -2.34. The van der Waals surface area contributed by atoms with Gasteiger partial charge in [0.05, 0.1) is 18.6 Å². The van der Waals surface area contributed by atoms with E-state index in [9.17, 15) is 9.18 Å². The first kappa shape index (κ1) is 23.5. The van der Waals surface area contributed by atoms with Gasteiger partial charge in [0, 0.05) is 18.5 Å². The molecule has 1 saturated carbocycles. The summed E-state index contributed by atoms with van der Waals surface area (Å²) in [5.74, 6) is 2.00. The molecular weight excluding hydrogens is 439 g/mol. The number of benzene rings is 1. The van der Waals surface area contributed by atoms with E-state index in [0.717, 1.165) is 42.8 Å². The summed E-state index contributed by atoms with van der Waals surface area (Å²) < 4.78 is 20.9. The molecule has 0 unspecified atom stereocenters. The highest BCUT2D eigenvalue weighted by molar-refractivity contribution is 7.99. The van der Waals surface area contributed by atoms with Crippen molar-refractivity contribution >= 4 is 17.7 Å². The molecular formula is C25H31FN4O2S. The number of hydrogen-bond donors (Lipinski definition) is 0. The van der Waals surface area contributed by atoms with E-state index in [1.54, 1.807) is 18.4 Å². The van der Waals surface area contributed by atoms with E-state index in [4.69, 9.17) is 4.42 Å². The molecule has 6 nitrogen and oxygen atoms in total. The second-order valence-corrected chi connectivity index (χ2v) is 9.83. The molecule has 2 aromatic heterocycles. The highest BCUT2D eigenvalue weighted by Gasteiger charge is 2.26. The summed E-state index contributed by atoms with van der Waals surface area (Å²) in [5.41, 5.74) is 0.948. The largest absolute Gasteiger partial charge is 0.467 e. The molecule has 0 bridgehead atoms. The molecule has 8 heteroatoms. The second-order valence-electron chi connectivity index (χ2n) is 8.89. The first-order chi connectivity index (χ1) is 16.0. The summed E-state index contributed by atoms with van der Waals surface area (Å²) >= 11 is 1.42. The minimum absolute atomic E-state index is 0.0786. The van der Waals surface area contributed by atoms with Gasteiger partial charge in [-0.1, -0.05) is 57.0 Å². The molecule has 1 fully saturated rings. The van der Waals surface area contributed by atoms with Crippen molar-refractivity contribution in [3.63, 3.8) is 0 Å². The summed E-state index contributed by atoms with van der Waals surface area (Å²) in [5, 5.41) is 9.47. The molecule has 3 aromatic rings. The maximum atomic E-state index is 13.4. The molecule has 0 atom stereocenters. The van der Waals surface area contributed by atoms with Crippen molar-refractivity contribution in [2.24, 2.45) is 0 Å². The Kier molecular flexibility index (Phi) is 7.85. The molecule has 0 spiro atoms. The van der Waals surface area contributed by atoms with Gasteiger partial charge in [-0.2, -0.15) is 0 Å². The van der Waals surface area contributed by atoms with Crippen LogP contribution in [-0.4, -0.2) is 37.4 Å². The third-order valence-corrected chi connectivity index (χ3v) is 7.03. The van der Waals surface area contributed by atoms with E-state index >= 15 is 0 Å². The number of carbonyl (C=O) groups is 1. The quantitative estimate of drug-likeness (QED) is 0.379. The average molecular weight is 471 g/mol. The van der Waals surface area contributed by atoms with E-state index in [1.165, 1.54) is 30.3 Å². The number of thioether (sulfide) groups is 1. The first-order valence-corrected chi connectivity index (χ1v) is 12.6. The van der Waals surface area contributed by atoms with Crippen LogP contribution in [-0.2, 0) is 17.9 Å².